The van der Waals surface area contributed by atoms with E-state index in [1.807, 2.05) is 19.1 Å². The summed E-state index contributed by atoms with van der Waals surface area (Å²) in [6, 6.07) is 7.26. The van der Waals surface area contributed by atoms with Crippen LogP contribution in [0.3, 0.4) is 0 Å². The van der Waals surface area contributed by atoms with Crippen molar-refractivity contribution >= 4 is 11.3 Å². The van der Waals surface area contributed by atoms with Gasteiger partial charge in [0.1, 0.15) is 5.75 Å². The van der Waals surface area contributed by atoms with Gasteiger partial charge < -0.3 is 10.8 Å². The summed E-state index contributed by atoms with van der Waals surface area (Å²) < 4.78 is 0. The molecule has 1 aromatic heterocycles. The average molecular weight is 234 g/mol. The zero-order chi connectivity index (χ0) is 11.5. The van der Waals surface area contributed by atoms with Gasteiger partial charge in [-0.1, -0.05) is 12.1 Å². The van der Waals surface area contributed by atoms with E-state index in [9.17, 15) is 5.11 Å². The van der Waals surface area contributed by atoms with Gasteiger partial charge in [0.15, 0.2) is 0 Å². The second-order valence-corrected chi connectivity index (χ2v) is 4.86. The molecule has 2 aromatic rings. The van der Waals surface area contributed by atoms with Gasteiger partial charge in [-0.05, 0) is 25.6 Å². The van der Waals surface area contributed by atoms with Crippen LogP contribution in [-0.4, -0.2) is 16.6 Å². The highest BCUT2D eigenvalue weighted by Crippen LogP contribution is 2.33. The Morgan fingerprint density at radius 2 is 2.12 bits per heavy atom. The molecule has 0 aliphatic heterocycles. The van der Waals surface area contributed by atoms with Crippen molar-refractivity contribution in [1.82, 2.24) is 4.98 Å². The van der Waals surface area contributed by atoms with E-state index >= 15 is 0 Å². The lowest BCUT2D eigenvalue weighted by atomic mass is 10.1. The fourth-order valence-electron chi connectivity index (χ4n) is 1.61. The molecule has 4 heteroatoms. The molecule has 0 saturated carbocycles. The molecule has 3 N–H and O–H groups in total. The van der Waals surface area contributed by atoms with Gasteiger partial charge >= 0.3 is 0 Å². The predicted octanol–water partition coefficient (Wildman–Crippen LogP) is 2.33. The van der Waals surface area contributed by atoms with Crippen LogP contribution in [0.15, 0.2) is 24.3 Å². The molecule has 0 aliphatic rings. The molecule has 0 aliphatic carbocycles. The Kier molecular flexibility index (Phi) is 3.22. The fraction of sp³-hybridized carbons (Fsp3) is 0.250. The van der Waals surface area contributed by atoms with E-state index in [-0.39, 0.29) is 5.75 Å². The molecule has 0 amide bonds. The van der Waals surface area contributed by atoms with Crippen molar-refractivity contribution in [3.05, 3.63) is 34.2 Å². The maximum Gasteiger partial charge on any atom is 0.125 e. The Labute approximate surface area is 98.6 Å². The summed E-state index contributed by atoms with van der Waals surface area (Å²) in [6.07, 6.45) is 0.791. The van der Waals surface area contributed by atoms with E-state index in [1.165, 1.54) is 0 Å². The van der Waals surface area contributed by atoms with Gasteiger partial charge in [-0.15, -0.1) is 11.3 Å². The number of aromatic nitrogens is 1. The van der Waals surface area contributed by atoms with E-state index in [1.54, 1.807) is 23.5 Å². The largest absolute Gasteiger partial charge is 0.507 e. The van der Waals surface area contributed by atoms with Gasteiger partial charge in [0.25, 0.3) is 0 Å². The first-order valence-electron chi connectivity index (χ1n) is 5.17. The molecule has 0 unspecified atom stereocenters. The first-order valence-corrected chi connectivity index (χ1v) is 5.98. The quantitative estimate of drug-likeness (QED) is 0.857. The lowest BCUT2D eigenvalue weighted by molar-refractivity contribution is 0.477. The van der Waals surface area contributed by atoms with Crippen LogP contribution in [0, 0.1) is 6.92 Å². The smallest absolute Gasteiger partial charge is 0.125 e. The maximum atomic E-state index is 9.77. The molecule has 0 radical (unpaired) electrons. The highest BCUT2D eigenvalue weighted by molar-refractivity contribution is 7.12. The first kappa shape index (κ1) is 11.1. The predicted molar refractivity (Wildman–Crippen MR) is 66.7 cm³/mol. The van der Waals surface area contributed by atoms with Crippen LogP contribution in [0.25, 0.3) is 11.3 Å². The summed E-state index contributed by atoms with van der Waals surface area (Å²) in [5.74, 6) is 0.273. The number of nitrogens with zero attached hydrogens (tertiary/aromatic N) is 1. The molecule has 1 heterocycles. The Bertz CT molecular complexity index is 494. The molecule has 2 rings (SSSR count). The number of hydrogen-bond acceptors (Lipinski definition) is 4. The molecule has 1 aromatic carbocycles. The molecule has 84 valence electrons. The van der Waals surface area contributed by atoms with Crippen molar-refractivity contribution in [2.45, 2.75) is 13.3 Å². The number of aryl methyl sites for hydroxylation is 1. The highest BCUT2D eigenvalue weighted by atomic mass is 32.1. The minimum absolute atomic E-state index is 0.273. The van der Waals surface area contributed by atoms with Crippen molar-refractivity contribution < 1.29 is 5.11 Å². The van der Waals surface area contributed by atoms with E-state index in [0.29, 0.717) is 6.54 Å². The van der Waals surface area contributed by atoms with Crippen molar-refractivity contribution in [3.8, 4) is 17.0 Å². The van der Waals surface area contributed by atoms with Gasteiger partial charge in [0.2, 0.25) is 0 Å². The minimum Gasteiger partial charge on any atom is -0.507 e. The second-order valence-electron chi connectivity index (χ2n) is 3.57. The summed E-state index contributed by atoms with van der Waals surface area (Å²) in [6.45, 7) is 2.62. The lowest BCUT2D eigenvalue weighted by Gasteiger charge is -2.01. The van der Waals surface area contributed by atoms with Crippen LogP contribution in [0.4, 0.5) is 0 Å². The zero-order valence-electron chi connectivity index (χ0n) is 9.10. The summed E-state index contributed by atoms with van der Waals surface area (Å²) in [4.78, 5) is 5.62. The van der Waals surface area contributed by atoms with Gasteiger partial charge in [0.05, 0.1) is 10.7 Å². The summed E-state index contributed by atoms with van der Waals surface area (Å²) in [5.41, 5.74) is 7.16. The van der Waals surface area contributed by atoms with Gasteiger partial charge in [-0.2, -0.15) is 0 Å². The standard InChI is InChI=1S/C12H14N2OS/c1-8-12(14-11(16-8)6-7-13)9-4-2-3-5-10(9)15/h2-5,15H,6-7,13H2,1H3. The Hall–Kier alpha value is -1.39. The van der Waals surface area contributed by atoms with Crippen molar-refractivity contribution in [2.24, 2.45) is 5.73 Å². The van der Waals surface area contributed by atoms with E-state index in [0.717, 1.165) is 27.6 Å². The topological polar surface area (TPSA) is 59.1 Å². The molecule has 0 spiro atoms. The summed E-state index contributed by atoms with van der Waals surface area (Å²) in [7, 11) is 0. The third-order valence-corrected chi connectivity index (χ3v) is 3.39. The van der Waals surface area contributed by atoms with Crippen molar-refractivity contribution in [2.75, 3.05) is 6.54 Å². The van der Waals surface area contributed by atoms with Crippen LogP contribution in [0.5, 0.6) is 5.75 Å². The molecule has 16 heavy (non-hydrogen) atoms. The molecular formula is C12H14N2OS. The lowest BCUT2D eigenvalue weighted by Crippen LogP contribution is -2.01. The normalized spacial score (nSPS) is 10.6. The number of benzene rings is 1. The van der Waals surface area contributed by atoms with E-state index in [2.05, 4.69) is 4.98 Å². The molecule has 3 nitrogen and oxygen atoms in total. The van der Waals surface area contributed by atoms with Gasteiger partial charge in [0, 0.05) is 16.9 Å². The van der Waals surface area contributed by atoms with Crippen LogP contribution >= 0.6 is 11.3 Å². The third-order valence-electron chi connectivity index (χ3n) is 2.36. The number of phenols is 1. The first-order chi connectivity index (χ1) is 7.72. The SMILES string of the molecule is Cc1sc(CCN)nc1-c1ccccc1O. The monoisotopic (exact) mass is 234 g/mol. The number of hydrogen-bond donors (Lipinski definition) is 2. The van der Waals surface area contributed by atoms with E-state index < -0.39 is 0 Å². The Balaban J connectivity index is 2.44. The number of rotatable bonds is 3. The Morgan fingerprint density at radius 1 is 1.38 bits per heavy atom. The number of aromatic hydroxyl groups is 1. The number of para-hydroxylation sites is 1. The molecule has 0 saturated heterocycles. The third kappa shape index (κ3) is 2.08. The molecular weight excluding hydrogens is 220 g/mol. The molecule has 0 atom stereocenters. The summed E-state index contributed by atoms with van der Waals surface area (Å²) in [5, 5.41) is 10.8. The second kappa shape index (κ2) is 4.63. The van der Waals surface area contributed by atoms with Crippen LogP contribution in [0.1, 0.15) is 9.88 Å². The van der Waals surface area contributed by atoms with Crippen LogP contribution in [-0.2, 0) is 6.42 Å². The number of phenolic OH excluding ortho intramolecular Hbond substituents is 1. The molecule has 0 bridgehead atoms. The fourth-order valence-corrected chi connectivity index (χ4v) is 2.57. The maximum absolute atomic E-state index is 9.77. The van der Waals surface area contributed by atoms with Crippen LogP contribution in [0.2, 0.25) is 0 Å². The molecule has 0 fully saturated rings. The van der Waals surface area contributed by atoms with Crippen molar-refractivity contribution in [1.29, 1.82) is 0 Å². The van der Waals surface area contributed by atoms with E-state index in [4.69, 9.17) is 5.73 Å². The minimum atomic E-state index is 0.273. The van der Waals surface area contributed by atoms with Gasteiger partial charge in [-0.25, -0.2) is 4.98 Å². The van der Waals surface area contributed by atoms with Crippen LogP contribution < -0.4 is 5.73 Å². The summed E-state index contributed by atoms with van der Waals surface area (Å²) >= 11 is 1.64. The average Bonchev–Trinajstić information content (AvgIpc) is 2.61. The number of nitrogens with two attached hydrogens (primary N) is 1. The zero-order valence-corrected chi connectivity index (χ0v) is 9.92. The van der Waals surface area contributed by atoms with Crippen molar-refractivity contribution in [3.63, 3.8) is 0 Å². The number of thiazole rings is 1. The van der Waals surface area contributed by atoms with Gasteiger partial charge in [-0.3, -0.25) is 0 Å². The highest BCUT2D eigenvalue weighted by Gasteiger charge is 2.12. The Morgan fingerprint density at radius 3 is 2.81 bits per heavy atom.